The maximum atomic E-state index is 12.9. The molecule has 0 aliphatic heterocycles. The van der Waals surface area contributed by atoms with Crippen molar-refractivity contribution in [2.45, 2.75) is 19.4 Å². The Hall–Kier alpha value is -1.61. The van der Waals surface area contributed by atoms with Crippen molar-refractivity contribution in [2.75, 3.05) is 0 Å². The van der Waals surface area contributed by atoms with Crippen LogP contribution in [0, 0.1) is 17.3 Å². The van der Waals surface area contributed by atoms with E-state index in [2.05, 4.69) is 4.98 Å². The second-order valence-electron chi connectivity index (χ2n) is 2.80. The molecule has 1 rings (SSSR count). The predicted molar refractivity (Wildman–Crippen MR) is 46.4 cm³/mol. The highest BCUT2D eigenvalue weighted by atomic mass is 19.3. The van der Waals surface area contributed by atoms with E-state index in [9.17, 15) is 13.2 Å². The fourth-order valence-corrected chi connectivity index (χ4v) is 1.27. The molecule has 0 spiro atoms. The molecule has 0 unspecified atom stereocenters. The van der Waals surface area contributed by atoms with Gasteiger partial charge in [-0.3, -0.25) is 0 Å². The summed E-state index contributed by atoms with van der Waals surface area (Å²) in [6, 6.07) is 2.52. The summed E-state index contributed by atoms with van der Waals surface area (Å²) in [6.45, 7) is -0.211. The Morgan fingerprint density at radius 1 is 1.53 bits per heavy atom. The average molecular weight is 215 g/mol. The minimum atomic E-state index is -2.81. The third-order valence-electron chi connectivity index (χ3n) is 1.88. The summed E-state index contributed by atoms with van der Waals surface area (Å²) >= 11 is 0. The molecule has 0 amide bonds. The van der Waals surface area contributed by atoms with Gasteiger partial charge in [0.05, 0.1) is 18.2 Å². The second kappa shape index (κ2) is 4.75. The summed E-state index contributed by atoms with van der Waals surface area (Å²) in [5.41, 5.74) is 4.53. The van der Waals surface area contributed by atoms with Gasteiger partial charge in [0, 0.05) is 12.1 Å². The Labute approximate surface area is 84.3 Å². The van der Waals surface area contributed by atoms with Crippen LogP contribution in [0.5, 0.6) is 0 Å². The van der Waals surface area contributed by atoms with Gasteiger partial charge in [-0.2, -0.15) is 9.65 Å². The normalized spacial score (nSPS) is 10.4. The van der Waals surface area contributed by atoms with E-state index in [1.165, 1.54) is 0 Å². The van der Waals surface area contributed by atoms with Crippen molar-refractivity contribution in [3.8, 4) is 6.07 Å². The first-order valence-corrected chi connectivity index (χ1v) is 4.13. The minimum absolute atomic E-state index is 0.0113. The quantitative estimate of drug-likeness (QED) is 0.780. The fraction of sp³-hybridized carbons (Fsp3) is 0.333. The van der Waals surface area contributed by atoms with Gasteiger partial charge >= 0.3 is 0 Å². The van der Waals surface area contributed by atoms with Crippen molar-refractivity contribution in [3.63, 3.8) is 0 Å². The zero-order valence-electron chi connectivity index (χ0n) is 7.67. The van der Waals surface area contributed by atoms with Crippen molar-refractivity contribution in [2.24, 2.45) is 5.73 Å². The van der Waals surface area contributed by atoms with Crippen LogP contribution in [0.4, 0.5) is 13.2 Å². The van der Waals surface area contributed by atoms with Crippen LogP contribution >= 0.6 is 0 Å². The molecule has 0 aliphatic carbocycles. The summed E-state index contributed by atoms with van der Waals surface area (Å²) in [7, 11) is 0. The summed E-state index contributed by atoms with van der Waals surface area (Å²) < 4.78 is 38.1. The van der Waals surface area contributed by atoms with E-state index >= 15 is 0 Å². The van der Waals surface area contributed by atoms with E-state index in [0.29, 0.717) is 0 Å². The van der Waals surface area contributed by atoms with Gasteiger partial charge in [0.2, 0.25) is 5.95 Å². The van der Waals surface area contributed by atoms with Crippen LogP contribution in [-0.4, -0.2) is 4.98 Å². The van der Waals surface area contributed by atoms with E-state index in [0.717, 1.165) is 6.07 Å². The standard InChI is InChI=1S/C9H8F3N3/c10-7-3-5(4-14)8(9(11)12)6(15-7)1-2-13/h3,9H,1,4,14H2. The number of halogens is 3. The SMILES string of the molecule is N#CCc1nc(F)cc(CN)c1C(F)F. The van der Waals surface area contributed by atoms with E-state index in [4.69, 9.17) is 11.0 Å². The number of hydrogen-bond acceptors (Lipinski definition) is 3. The molecule has 15 heavy (non-hydrogen) atoms. The molecule has 0 fully saturated rings. The molecule has 1 heterocycles. The molecule has 0 radical (unpaired) electrons. The molecule has 1 aromatic heterocycles. The van der Waals surface area contributed by atoms with Crippen molar-refractivity contribution in [1.82, 2.24) is 4.98 Å². The maximum absolute atomic E-state index is 12.9. The number of nitriles is 1. The van der Waals surface area contributed by atoms with Crippen molar-refractivity contribution in [1.29, 1.82) is 5.26 Å². The van der Waals surface area contributed by atoms with Crippen LogP contribution in [0.25, 0.3) is 0 Å². The molecule has 0 aromatic carbocycles. The van der Waals surface area contributed by atoms with Gasteiger partial charge in [-0.15, -0.1) is 0 Å². The molecular formula is C9H8F3N3. The zero-order valence-corrected chi connectivity index (χ0v) is 7.67. The van der Waals surface area contributed by atoms with Crippen LogP contribution in [-0.2, 0) is 13.0 Å². The molecule has 0 saturated carbocycles. The maximum Gasteiger partial charge on any atom is 0.265 e. The second-order valence-corrected chi connectivity index (χ2v) is 2.80. The van der Waals surface area contributed by atoms with Crippen molar-refractivity contribution >= 4 is 0 Å². The van der Waals surface area contributed by atoms with E-state index in [-0.39, 0.29) is 24.2 Å². The fourth-order valence-electron chi connectivity index (χ4n) is 1.27. The van der Waals surface area contributed by atoms with E-state index in [1.54, 1.807) is 6.07 Å². The lowest BCUT2D eigenvalue weighted by atomic mass is 10.1. The molecule has 0 atom stereocenters. The van der Waals surface area contributed by atoms with Crippen molar-refractivity contribution < 1.29 is 13.2 Å². The third kappa shape index (κ3) is 2.44. The number of hydrogen-bond donors (Lipinski definition) is 1. The number of aromatic nitrogens is 1. The monoisotopic (exact) mass is 215 g/mol. The number of nitrogens with zero attached hydrogens (tertiary/aromatic N) is 2. The Morgan fingerprint density at radius 2 is 2.20 bits per heavy atom. The van der Waals surface area contributed by atoms with Gasteiger partial charge in [-0.1, -0.05) is 0 Å². The lowest BCUT2D eigenvalue weighted by Crippen LogP contribution is -2.09. The van der Waals surface area contributed by atoms with Gasteiger partial charge in [0.25, 0.3) is 6.43 Å². The van der Waals surface area contributed by atoms with Gasteiger partial charge in [-0.25, -0.2) is 13.8 Å². The summed E-state index contributed by atoms with van der Waals surface area (Å²) in [4.78, 5) is 3.27. The Kier molecular flexibility index (Phi) is 3.63. The van der Waals surface area contributed by atoms with Gasteiger partial charge < -0.3 is 5.73 Å². The predicted octanol–water partition coefficient (Wildman–Crippen LogP) is 1.68. The Morgan fingerprint density at radius 3 is 2.67 bits per heavy atom. The lowest BCUT2D eigenvalue weighted by Gasteiger charge is -2.10. The van der Waals surface area contributed by atoms with Crippen LogP contribution in [0.15, 0.2) is 6.07 Å². The molecule has 0 saturated heterocycles. The van der Waals surface area contributed by atoms with E-state index < -0.39 is 17.9 Å². The lowest BCUT2D eigenvalue weighted by molar-refractivity contribution is 0.148. The number of pyridine rings is 1. The van der Waals surface area contributed by atoms with E-state index in [1.807, 2.05) is 0 Å². The molecule has 6 heteroatoms. The summed E-state index contributed by atoms with van der Waals surface area (Å²) in [5, 5.41) is 8.39. The number of nitrogens with two attached hydrogens (primary N) is 1. The molecule has 80 valence electrons. The summed E-state index contributed by atoms with van der Waals surface area (Å²) in [6.07, 6.45) is -3.16. The van der Waals surface area contributed by atoms with Crippen LogP contribution in [0.2, 0.25) is 0 Å². The van der Waals surface area contributed by atoms with Crippen LogP contribution in [0.3, 0.4) is 0 Å². The Balaban J connectivity index is 3.34. The number of rotatable bonds is 3. The van der Waals surface area contributed by atoms with Crippen LogP contribution in [0.1, 0.15) is 23.2 Å². The highest BCUT2D eigenvalue weighted by Gasteiger charge is 2.19. The topological polar surface area (TPSA) is 62.7 Å². The first kappa shape index (κ1) is 11.5. The zero-order chi connectivity index (χ0) is 11.4. The molecule has 0 aliphatic rings. The van der Waals surface area contributed by atoms with Gasteiger partial charge in [0.1, 0.15) is 0 Å². The highest BCUT2D eigenvalue weighted by molar-refractivity contribution is 5.33. The van der Waals surface area contributed by atoms with Crippen molar-refractivity contribution in [3.05, 3.63) is 28.8 Å². The first-order valence-electron chi connectivity index (χ1n) is 4.13. The van der Waals surface area contributed by atoms with Gasteiger partial charge in [-0.05, 0) is 11.6 Å². The largest absolute Gasteiger partial charge is 0.326 e. The molecule has 3 nitrogen and oxygen atoms in total. The summed E-state index contributed by atoms with van der Waals surface area (Å²) in [5.74, 6) is -0.898. The molecule has 1 aromatic rings. The molecule has 2 N–H and O–H groups in total. The third-order valence-corrected chi connectivity index (χ3v) is 1.88. The van der Waals surface area contributed by atoms with Crippen LogP contribution < -0.4 is 5.73 Å². The molecular weight excluding hydrogens is 207 g/mol. The Bertz CT molecular complexity index is 398. The highest BCUT2D eigenvalue weighted by Crippen LogP contribution is 2.26. The minimum Gasteiger partial charge on any atom is -0.326 e. The smallest absolute Gasteiger partial charge is 0.265 e. The van der Waals surface area contributed by atoms with Gasteiger partial charge in [0.15, 0.2) is 0 Å². The first-order chi connectivity index (χ1) is 7.10. The average Bonchev–Trinajstić information content (AvgIpc) is 2.16. The number of alkyl halides is 2. The molecule has 0 bridgehead atoms.